The second-order valence-corrected chi connectivity index (χ2v) is 10.8. The number of carbonyl (C=O) groups is 4. The van der Waals surface area contributed by atoms with Gasteiger partial charge in [-0.15, -0.1) is 23.1 Å². The van der Waals surface area contributed by atoms with E-state index in [0.717, 1.165) is 42.7 Å². The summed E-state index contributed by atoms with van der Waals surface area (Å²) in [7, 11) is 0. The fourth-order valence-corrected chi connectivity index (χ4v) is 5.51. The molecule has 1 saturated heterocycles. The number of ether oxygens (including phenoxy) is 2. The lowest BCUT2D eigenvalue weighted by atomic mass is 10.1. The number of nitrogens with one attached hydrogen (secondary N) is 1. The zero-order valence-electron chi connectivity index (χ0n) is 21.7. The molecule has 0 bridgehead atoms. The molecule has 0 saturated carbocycles. The largest absolute Gasteiger partial charge is 0.448 e. The van der Waals surface area contributed by atoms with Gasteiger partial charge in [0.1, 0.15) is 0 Å². The molecule has 2 atom stereocenters. The van der Waals surface area contributed by atoms with E-state index in [4.69, 9.17) is 9.47 Å². The van der Waals surface area contributed by atoms with Gasteiger partial charge in [0.15, 0.2) is 0 Å². The summed E-state index contributed by atoms with van der Waals surface area (Å²) in [5.74, 6) is -2.91. The molecule has 38 heavy (non-hydrogen) atoms. The number of hydrogen-bond donors (Lipinski definition) is 1. The Bertz CT molecular complexity index is 1200. The van der Waals surface area contributed by atoms with Crippen molar-refractivity contribution in [1.29, 1.82) is 0 Å². The molecule has 1 fully saturated rings. The molecule has 2 amide bonds. The molecular weight excluding hydrogens is 524 g/mol. The summed E-state index contributed by atoms with van der Waals surface area (Å²) in [5, 5.41) is 6.86. The Balaban J connectivity index is 1.68. The summed E-state index contributed by atoms with van der Waals surface area (Å²) in [6.45, 7) is 8.75. The van der Waals surface area contributed by atoms with Gasteiger partial charge >= 0.3 is 11.9 Å². The van der Waals surface area contributed by atoms with Gasteiger partial charge in [0.2, 0.25) is 12.2 Å². The molecule has 1 N–H and O–H groups in total. The van der Waals surface area contributed by atoms with E-state index in [0.29, 0.717) is 0 Å². The van der Waals surface area contributed by atoms with E-state index in [1.54, 1.807) is 11.3 Å². The van der Waals surface area contributed by atoms with Crippen LogP contribution in [-0.4, -0.2) is 60.5 Å². The van der Waals surface area contributed by atoms with Gasteiger partial charge in [0.25, 0.3) is 11.8 Å². The maximum absolute atomic E-state index is 13.4. The van der Waals surface area contributed by atoms with Crippen molar-refractivity contribution in [3.63, 3.8) is 0 Å². The second kappa shape index (κ2) is 14.0. The van der Waals surface area contributed by atoms with E-state index < -0.39 is 36.0 Å². The van der Waals surface area contributed by atoms with Crippen molar-refractivity contribution in [1.82, 2.24) is 10.2 Å². The lowest BCUT2D eigenvalue weighted by Gasteiger charge is -2.28. The third-order valence-electron chi connectivity index (χ3n) is 5.75. The zero-order chi connectivity index (χ0) is 27.7. The van der Waals surface area contributed by atoms with Gasteiger partial charge in [-0.25, -0.2) is 0 Å². The first kappa shape index (κ1) is 29.2. The molecule has 3 heterocycles. The first-order valence-corrected chi connectivity index (χ1v) is 13.9. The third kappa shape index (κ3) is 8.32. The minimum atomic E-state index is -1.64. The van der Waals surface area contributed by atoms with Gasteiger partial charge in [0.05, 0.1) is 0 Å². The van der Waals surface area contributed by atoms with Crippen molar-refractivity contribution < 1.29 is 28.7 Å². The lowest BCUT2D eigenvalue weighted by Crippen LogP contribution is -2.53. The van der Waals surface area contributed by atoms with E-state index in [2.05, 4.69) is 28.8 Å². The van der Waals surface area contributed by atoms with E-state index in [-0.39, 0.29) is 19.6 Å². The van der Waals surface area contributed by atoms with Crippen molar-refractivity contribution in [2.75, 3.05) is 19.6 Å². The predicted molar refractivity (Wildman–Crippen MR) is 149 cm³/mol. The molecule has 2 aliphatic rings. The minimum Gasteiger partial charge on any atom is -0.448 e. The highest BCUT2D eigenvalue weighted by molar-refractivity contribution is 8.05. The van der Waals surface area contributed by atoms with Crippen LogP contribution in [0.4, 0.5) is 0 Å². The van der Waals surface area contributed by atoms with Crippen molar-refractivity contribution >= 4 is 46.9 Å². The summed E-state index contributed by atoms with van der Waals surface area (Å²) in [5.41, 5.74) is 2.86. The molecule has 0 spiro atoms. The molecular formula is C28H32N2O6S2. The standard InChI is InChI=1S/C28H32N2O6S2/c1-5-6-8-22-16-30(15-18(22)2)28(34)26(36-20(4)32)25(35-19(3)31)27(33)29-14-24-11-10-21(17-38-24)13-23-9-7-12-37-23/h5-9,11-12,17,25-26H,2,10,13-16H2,1,3-4H3,(H,29,33)/b6-5-,22-8-/t25-,26?/m1/s1. The number of allylic oxidation sites excluding steroid dienone is 5. The van der Waals surface area contributed by atoms with Crippen molar-refractivity contribution in [2.45, 2.75) is 45.8 Å². The number of nitrogens with zero attached hydrogens (tertiary/aromatic N) is 1. The number of rotatable bonds is 10. The zero-order valence-corrected chi connectivity index (χ0v) is 23.4. The van der Waals surface area contributed by atoms with E-state index in [9.17, 15) is 19.2 Å². The number of hydrogen-bond acceptors (Lipinski definition) is 8. The molecule has 8 nitrogen and oxygen atoms in total. The first-order chi connectivity index (χ1) is 18.2. The monoisotopic (exact) mass is 556 g/mol. The third-order valence-corrected chi connectivity index (χ3v) is 7.69. The van der Waals surface area contributed by atoms with Crippen molar-refractivity contribution in [2.24, 2.45) is 0 Å². The lowest BCUT2D eigenvalue weighted by molar-refractivity contribution is -0.177. The normalized spacial score (nSPS) is 18.1. The molecule has 202 valence electrons. The van der Waals surface area contributed by atoms with Crippen LogP contribution in [0.1, 0.15) is 32.1 Å². The van der Waals surface area contributed by atoms with Crippen LogP contribution in [0.5, 0.6) is 0 Å². The Morgan fingerprint density at radius 3 is 2.50 bits per heavy atom. The Kier molecular flexibility index (Phi) is 10.7. The quantitative estimate of drug-likeness (QED) is 0.434. The van der Waals surface area contributed by atoms with Crippen LogP contribution in [0.15, 0.2) is 75.4 Å². The van der Waals surface area contributed by atoms with E-state index in [1.807, 2.05) is 37.3 Å². The van der Waals surface area contributed by atoms with E-state index in [1.165, 1.54) is 27.1 Å². The highest BCUT2D eigenvalue weighted by Gasteiger charge is 2.42. The maximum atomic E-state index is 13.4. The van der Waals surface area contributed by atoms with Crippen LogP contribution >= 0.6 is 23.1 Å². The highest BCUT2D eigenvalue weighted by Crippen LogP contribution is 2.29. The molecule has 10 heteroatoms. The van der Waals surface area contributed by atoms with Gasteiger partial charge in [-0.2, -0.15) is 0 Å². The number of esters is 2. The molecule has 1 aromatic heterocycles. The summed E-state index contributed by atoms with van der Waals surface area (Å²) < 4.78 is 10.5. The smallest absolute Gasteiger partial charge is 0.303 e. The van der Waals surface area contributed by atoms with Crippen molar-refractivity contribution in [3.05, 3.63) is 80.3 Å². The Hall–Kier alpha value is -3.37. The van der Waals surface area contributed by atoms with Crippen LogP contribution in [0.3, 0.4) is 0 Å². The fourth-order valence-electron chi connectivity index (χ4n) is 3.92. The molecule has 0 aliphatic carbocycles. The van der Waals surface area contributed by atoms with Crippen molar-refractivity contribution in [3.8, 4) is 0 Å². The number of amides is 2. The summed E-state index contributed by atoms with van der Waals surface area (Å²) >= 11 is 3.23. The highest BCUT2D eigenvalue weighted by atomic mass is 32.2. The van der Waals surface area contributed by atoms with Crippen LogP contribution in [0.2, 0.25) is 0 Å². The minimum absolute atomic E-state index is 0.182. The van der Waals surface area contributed by atoms with Gasteiger partial charge in [-0.1, -0.05) is 42.5 Å². The Labute approximate surface area is 231 Å². The number of thiophene rings is 1. The molecule has 3 rings (SSSR count). The number of likely N-dealkylation sites (tertiary alicyclic amines) is 1. The SMILES string of the molecule is C=C1CN(C(=O)C(OC(C)=O)[C@@H](OC(C)=O)C(=O)NCC2=CCC(Cc3cccs3)=CS2)C/C1=C/C=C\C. The molecule has 0 aromatic carbocycles. The molecule has 0 radical (unpaired) electrons. The van der Waals surface area contributed by atoms with Crippen LogP contribution < -0.4 is 5.32 Å². The average Bonchev–Trinajstić information content (AvgIpc) is 3.53. The van der Waals surface area contributed by atoms with Gasteiger partial charge in [-0.3, -0.25) is 19.2 Å². The summed E-state index contributed by atoms with van der Waals surface area (Å²) in [4.78, 5) is 54.0. The fraction of sp³-hybridized carbons (Fsp3) is 0.357. The molecule has 1 unspecified atom stereocenters. The number of thioether (sulfide) groups is 1. The van der Waals surface area contributed by atoms with Crippen LogP contribution in [0.25, 0.3) is 0 Å². The topological polar surface area (TPSA) is 102 Å². The van der Waals surface area contributed by atoms with Crippen LogP contribution in [0, 0.1) is 0 Å². The van der Waals surface area contributed by atoms with Gasteiger partial charge < -0.3 is 19.7 Å². The number of carbonyl (C=O) groups excluding carboxylic acids is 4. The van der Waals surface area contributed by atoms with Crippen LogP contribution in [-0.2, 0) is 35.1 Å². The predicted octanol–water partition coefficient (Wildman–Crippen LogP) is 4.08. The van der Waals surface area contributed by atoms with Gasteiger partial charge in [0, 0.05) is 49.7 Å². The summed E-state index contributed by atoms with van der Waals surface area (Å²) in [6.07, 6.45) is 5.96. The Morgan fingerprint density at radius 2 is 1.89 bits per heavy atom. The summed E-state index contributed by atoms with van der Waals surface area (Å²) in [6, 6.07) is 4.13. The second-order valence-electron chi connectivity index (χ2n) is 8.82. The maximum Gasteiger partial charge on any atom is 0.303 e. The molecule has 1 aromatic rings. The van der Waals surface area contributed by atoms with Gasteiger partial charge in [-0.05, 0) is 41.3 Å². The molecule has 2 aliphatic heterocycles. The van der Waals surface area contributed by atoms with E-state index >= 15 is 0 Å². The average molecular weight is 557 g/mol. The first-order valence-electron chi connectivity index (χ1n) is 12.1. The Morgan fingerprint density at radius 1 is 1.16 bits per heavy atom.